The van der Waals surface area contributed by atoms with Crippen LogP contribution in [0, 0.1) is 0 Å². The average molecular weight is 441 g/mol. The predicted octanol–water partition coefficient (Wildman–Crippen LogP) is 5.35. The van der Waals surface area contributed by atoms with Crippen LogP contribution in [0.25, 0.3) is 10.9 Å². The minimum absolute atomic E-state index is 0.180. The second-order valence-corrected chi connectivity index (χ2v) is 6.44. The van der Waals surface area contributed by atoms with Gasteiger partial charge in [-0.15, -0.1) is 0 Å². The molecule has 0 saturated heterocycles. The molecule has 0 amide bonds. The van der Waals surface area contributed by atoms with Crippen molar-refractivity contribution in [2.24, 2.45) is 0 Å². The number of carbonyl (C=O) groups excluding carboxylic acids is 2. The number of fused-ring (bicyclic) bond motifs is 1. The number of Topliss-reactive ketones (excluding diaryl/α,β-unsaturated/α-hetero) is 2. The zero-order valence-corrected chi connectivity index (χ0v) is 15.6. The monoisotopic (exact) mass is 441 g/mol. The molecule has 0 bridgehead atoms. The molecule has 0 atom stereocenters. The van der Waals surface area contributed by atoms with Gasteiger partial charge in [0.25, 0.3) is 11.6 Å². The number of halogens is 6. The first kappa shape index (κ1) is 22.3. The maximum absolute atomic E-state index is 13.1. The van der Waals surface area contributed by atoms with Crippen LogP contribution in [0.4, 0.5) is 26.3 Å². The number of nitrogens with zero attached hydrogens (tertiary/aromatic N) is 1. The second-order valence-electron chi connectivity index (χ2n) is 6.44. The van der Waals surface area contributed by atoms with Crippen molar-refractivity contribution in [3.8, 4) is 5.75 Å². The molecule has 2 aromatic carbocycles. The summed E-state index contributed by atoms with van der Waals surface area (Å²) in [6.45, 7) is -0.180. The Balaban J connectivity index is 2.14. The summed E-state index contributed by atoms with van der Waals surface area (Å²) in [5.74, 6) is -5.46. The Hall–Kier alpha value is -3.43. The molecule has 3 aromatic rings. The Kier molecular flexibility index (Phi) is 6.01. The lowest BCUT2D eigenvalue weighted by Crippen LogP contribution is -2.26. The summed E-state index contributed by atoms with van der Waals surface area (Å²) in [4.78, 5) is 27.6. The maximum atomic E-state index is 13.1. The van der Waals surface area contributed by atoms with E-state index >= 15 is 0 Å². The molecule has 0 saturated carbocycles. The fourth-order valence-corrected chi connectivity index (χ4v) is 2.94. The van der Waals surface area contributed by atoms with Crippen LogP contribution < -0.4 is 4.74 Å². The largest absolute Gasteiger partial charge is 0.490 e. The van der Waals surface area contributed by atoms with Gasteiger partial charge in [-0.2, -0.15) is 26.3 Å². The van der Waals surface area contributed by atoms with Crippen LogP contribution in [0.15, 0.2) is 54.7 Å². The van der Waals surface area contributed by atoms with E-state index in [-0.39, 0.29) is 24.5 Å². The van der Waals surface area contributed by atoms with Crippen molar-refractivity contribution in [2.75, 3.05) is 6.61 Å². The first-order valence-corrected chi connectivity index (χ1v) is 8.81. The zero-order valence-electron chi connectivity index (χ0n) is 15.6. The van der Waals surface area contributed by atoms with Crippen LogP contribution in [-0.2, 0) is 6.42 Å². The third-order valence-corrected chi connectivity index (χ3v) is 4.33. The van der Waals surface area contributed by atoms with Crippen LogP contribution in [0.5, 0.6) is 5.75 Å². The van der Waals surface area contributed by atoms with Gasteiger partial charge in [0.15, 0.2) is 5.75 Å². The standard InChI is InChI=1S/C21H13F6NO3/c22-20(23,24)18(29)14-11-15(19(30)21(25,26)27)17(16-13(14)7-4-9-28-16)31-10-8-12-5-2-1-3-6-12/h1-7,9,11H,8,10H2. The predicted molar refractivity (Wildman–Crippen MR) is 98.2 cm³/mol. The SMILES string of the molecule is O=C(c1cc(C(=O)C(F)(F)F)c2cccnc2c1OCCc1ccccc1)C(F)(F)F. The van der Waals surface area contributed by atoms with Crippen molar-refractivity contribution in [1.82, 2.24) is 4.98 Å². The van der Waals surface area contributed by atoms with Crippen LogP contribution >= 0.6 is 0 Å². The molecule has 0 N–H and O–H groups in total. The van der Waals surface area contributed by atoms with E-state index in [1.54, 1.807) is 30.3 Å². The van der Waals surface area contributed by atoms with E-state index in [0.717, 1.165) is 17.8 Å². The Morgan fingerprint density at radius 3 is 2.06 bits per heavy atom. The number of aromatic nitrogens is 1. The molecule has 31 heavy (non-hydrogen) atoms. The zero-order chi connectivity index (χ0) is 22.8. The highest BCUT2D eigenvalue weighted by Crippen LogP contribution is 2.37. The van der Waals surface area contributed by atoms with E-state index in [9.17, 15) is 35.9 Å². The smallest absolute Gasteiger partial charge is 0.455 e. The molecule has 4 nitrogen and oxygen atoms in total. The van der Waals surface area contributed by atoms with E-state index < -0.39 is 46.3 Å². The molecule has 1 aromatic heterocycles. The van der Waals surface area contributed by atoms with Gasteiger partial charge >= 0.3 is 12.4 Å². The average Bonchev–Trinajstić information content (AvgIpc) is 2.72. The molecule has 0 fully saturated rings. The summed E-state index contributed by atoms with van der Waals surface area (Å²) < 4.78 is 83.9. The minimum Gasteiger partial charge on any atom is -0.490 e. The number of alkyl halides is 6. The lowest BCUT2D eigenvalue weighted by molar-refractivity contribution is -0.0888. The molecule has 0 aliphatic rings. The van der Waals surface area contributed by atoms with E-state index in [4.69, 9.17) is 4.74 Å². The summed E-state index contributed by atoms with van der Waals surface area (Å²) >= 11 is 0. The van der Waals surface area contributed by atoms with Crippen molar-refractivity contribution < 1.29 is 40.7 Å². The molecule has 1 heterocycles. The van der Waals surface area contributed by atoms with Gasteiger partial charge in [-0.1, -0.05) is 36.4 Å². The minimum atomic E-state index is -5.40. The summed E-state index contributed by atoms with van der Waals surface area (Å²) in [5.41, 5.74) is -1.98. The van der Waals surface area contributed by atoms with Gasteiger partial charge in [0.1, 0.15) is 5.52 Å². The van der Waals surface area contributed by atoms with Gasteiger partial charge in [-0.25, -0.2) is 0 Å². The number of hydrogen-bond acceptors (Lipinski definition) is 4. The van der Waals surface area contributed by atoms with Crippen LogP contribution in [0.2, 0.25) is 0 Å². The summed E-state index contributed by atoms with van der Waals surface area (Å²) in [6.07, 6.45) is -9.41. The van der Waals surface area contributed by atoms with E-state index in [1.165, 1.54) is 6.07 Å². The molecule has 0 radical (unpaired) electrons. The van der Waals surface area contributed by atoms with Gasteiger partial charge in [0, 0.05) is 23.6 Å². The van der Waals surface area contributed by atoms with Crippen molar-refractivity contribution in [3.63, 3.8) is 0 Å². The summed E-state index contributed by atoms with van der Waals surface area (Å²) in [7, 11) is 0. The van der Waals surface area contributed by atoms with Gasteiger partial charge in [-0.05, 0) is 17.7 Å². The number of rotatable bonds is 6. The van der Waals surface area contributed by atoms with Crippen molar-refractivity contribution in [3.05, 3.63) is 71.4 Å². The second kappa shape index (κ2) is 8.37. The number of pyridine rings is 1. The van der Waals surface area contributed by atoms with Crippen molar-refractivity contribution >= 4 is 22.5 Å². The first-order valence-electron chi connectivity index (χ1n) is 8.81. The number of ether oxygens (including phenoxy) is 1. The number of hydrogen-bond donors (Lipinski definition) is 0. The third kappa shape index (κ3) is 4.84. The number of ketones is 2. The third-order valence-electron chi connectivity index (χ3n) is 4.33. The Labute approximate surface area is 171 Å². The highest BCUT2D eigenvalue weighted by atomic mass is 19.4. The van der Waals surface area contributed by atoms with Crippen LogP contribution in [-0.4, -0.2) is 35.5 Å². The fourth-order valence-electron chi connectivity index (χ4n) is 2.94. The molecule has 0 spiro atoms. The molecule has 162 valence electrons. The molecule has 0 unspecified atom stereocenters. The molecule has 3 rings (SSSR count). The van der Waals surface area contributed by atoms with Crippen molar-refractivity contribution in [2.45, 2.75) is 18.8 Å². The highest BCUT2D eigenvalue weighted by molar-refractivity contribution is 6.15. The van der Waals surface area contributed by atoms with Gasteiger partial charge in [0.2, 0.25) is 0 Å². The van der Waals surface area contributed by atoms with Gasteiger partial charge in [-0.3, -0.25) is 14.6 Å². The lowest BCUT2D eigenvalue weighted by atomic mass is 9.97. The maximum Gasteiger partial charge on any atom is 0.455 e. The normalized spacial score (nSPS) is 12.1. The quantitative estimate of drug-likeness (QED) is 0.383. The molecule has 0 aliphatic heterocycles. The van der Waals surface area contributed by atoms with Crippen LogP contribution in [0.3, 0.4) is 0 Å². The number of benzene rings is 2. The fraction of sp³-hybridized carbons (Fsp3) is 0.190. The Bertz CT molecular complexity index is 1120. The topological polar surface area (TPSA) is 56.3 Å². The van der Waals surface area contributed by atoms with Gasteiger partial charge < -0.3 is 4.74 Å². The number of carbonyl (C=O) groups is 2. The first-order chi connectivity index (χ1) is 14.5. The molecular weight excluding hydrogens is 428 g/mol. The van der Waals surface area contributed by atoms with E-state index in [1.807, 2.05) is 0 Å². The van der Waals surface area contributed by atoms with Crippen LogP contribution in [0.1, 0.15) is 26.3 Å². The molecule has 10 heteroatoms. The molecular formula is C21H13F6NO3. The van der Waals surface area contributed by atoms with E-state index in [2.05, 4.69) is 4.98 Å². The lowest BCUT2D eigenvalue weighted by Gasteiger charge is -2.17. The summed E-state index contributed by atoms with van der Waals surface area (Å²) in [5, 5.41) is -0.377. The highest BCUT2D eigenvalue weighted by Gasteiger charge is 2.44. The molecule has 0 aliphatic carbocycles. The Morgan fingerprint density at radius 2 is 1.45 bits per heavy atom. The Morgan fingerprint density at radius 1 is 0.839 bits per heavy atom. The van der Waals surface area contributed by atoms with E-state index in [0.29, 0.717) is 0 Å². The van der Waals surface area contributed by atoms with Gasteiger partial charge in [0.05, 0.1) is 12.2 Å². The van der Waals surface area contributed by atoms with Crippen molar-refractivity contribution in [1.29, 1.82) is 0 Å². The summed E-state index contributed by atoms with van der Waals surface area (Å²) in [6, 6.07) is 11.3.